The number of nitrogens with one attached hydrogen (secondary N) is 1. The molecule has 0 radical (unpaired) electrons. The fraction of sp³-hybridized carbons (Fsp3) is 0.235. The molecule has 0 aliphatic rings. The Bertz CT molecular complexity index is 921. The number of nitrogens with zero attached hydrogens (tertiary/aromatic N) is 2. The Kier molecular flexibility index (Phi) is 7.19. The van der Waals surface area contributed by atoms with E-state index >= 15 is 0 Å². The van der Waals surface area contributed by atoms with Gasteiger partial charge in [-0.15, -0.1) is 0 Å². The molecule has 0 atom stereocenters. The molecule has 1 N–H and O–H groups in total. The summed E-state index contributed by atoms with van der Waals surface area (Å²) in [5, 5.41) is 3.13. The molecule has 2 aromatic rings. The molecule has 0 spiro atoms. The van der Waals surface area contributed by atoms with Gasteiger partial charge in [0.25, 0.3) is 10.2 Å². The van der Waals surface area contributed by atoms with E-state index in [0.29, 0.717) is 10.7 Å². The summed E-state index contributed by atoms with van der Waals surface area (Å²) in [5.74, 6) is -1.15. The highest BCUT2D eigenvalue weighted by Gasteiger charge is 2.27. The summed E-state index contributed by atoms with van der Waals surface area (Å²) in [4.78, 5) is 12.1. The SMILES string of the molecule is CN(CC(=O)Nc1cccc(Cl)c1)S(=O)(=O)N(C)Cc1c(F)cccc1Cl. The van der Waals surface area contributed by atoms with E-state index in [1.54, 1.807) is 24.3 Å². The van der Waals surface area contributed by atoms with Crippen LogP contribution in [0.2, 0.25) is 10.0 Å². The van der Waals surface area contributed by atoms with Gasteiger partial charge in [-0.25, -0.2) is 4.39 Å². The van der Waals surface area contributed by atoms with E-state index in [2.05, 4.69) is 5.32 Å². The molecule has 2 rings (SSSR count). The van der Waals surface area contributed by atoms with Gasteiger partial charge in [-0.2, -0.15) is 17.0 Å². The number of benzene rings is 2. The first-order valence-corrected chi connectivity index (χ1v) is 9.92. The summed E-state index contributed by atoms with van der Waals surface area (Å²) in [6.07, 6.45) is 0. The molecule has 0 unspecified atom stereocenters. The molecule has 6 nitrogen and oxygen atoms in total. The van der Waals surface area contributed by atoms with Gasteiger partial charge in [0.15, 0.2) is 0 Å². The summed E-state index contributed by atoms with van der Waals surface area (Å²) in [7, 11) is -1.47. The van der Waals surface area contributed by atoms with Crippen molar-refractivity contribution in [2.45, 2.75) is 6.54 Å². The predicted octanol–water partition coefficient (Wildman–Crippen LogP) is 3.38. The van der Waals surface area contributed by atoms with Crippen molar-refractivity contribution in [3.05, 3.63) is 63.9 Å². The molecule has 0 saturated carbocycles. The van der Waals surface area contributed by atoms with Crippen molar-refractivity contribution in [3.63, 3.8) is 0 Å². The van der Waals surface area contributed by atoms with E-state index in [4.69, 9.17) is 23.2 Å². The van der Waals surface area contributed by atoms with Crippen molar-refractivity contribution < 1.29 is 17.6 Å². The molecule has 2 aromatic carbocycles. The number of likely N-dealkylation sites (N-methyl/N-ethyl adjacent to an activating group) is 1. The zero-order valence-corrected chi connectivity index (χ0v) is 16.9. The monoisotopic (exact) mass is 433 g/mol. The van der Waals surface area contributed by atoms with Gasteiger partial charge in [-0.05, 0) is 30.3 Å². The number of amides is 1. The minimum Gasteiger partial charge on any atom is -0.325 e. The second-order valence-electron chi connectivity index (χ2n) is 5.78. The van der Waals surface area contributed by atoms with Crippen molar-refractivity contribution in [3.8, 4) is 0 Å². The highest BCUT2D eigenvalue weighted by atomic mass is 35.5. The fourth-order valence-corrected chi connectivity index (χ4v) is 3.74. The van der Waals surface area contributed by atoms with Crippen LogP contribution in [0.1, 0.15) is 5.56 Å². The molecule has 1 amide bonds. The maximum Gasteiger partial charge on any atom is 0.282 e. The van der Waals surface area contributed by atoms with Crippen LogP contribution < -0.4 is 5.32 Å². The van der Waals surface area contributed by atoms with Crippen LogP contribution in [-0.2, 0) is 21.5 Å². The zero-order chi connectivity index (χ0) is 20.2. The lowest BCUT2D eigenvalue weighted by Gasteiger charge is -2.24. The molecule has 0 fully saturated rings. The lowest BCUT2D eigenvalue weighted by Crippen LogP contribution is -2.43. The normalized spacial score (nSPS) is 11.8. The van der Waals surface area contributed by atoms with E-state index < -0.39 is 28.5 Å². The molecule has 0 aromatic heterocycles. The first-order chi connectivity index (χ1) is 12.6. The summed E-state index contributed by atoms with van der Waals surface area (Å²) in [6, 6.07) is 10.6. The Morgan fingerprint density at radius 3 is 2.41 bits per heavy atom. The number of rotatable bonds is 7. The summed E-state index contributed by atoms with van der Waals surface area (Å²) >= 11 is 11.8. The molecule has 146 valence electrons. The van der Waals surface area contributed by atoms with Gasteiger partial charge >= 0.3 is 0 Å². The lowest BCUT2D eigenvalue weighted by molar-refractivity contribution is -0.116. The third-order valence-electron chi connectivity index (χ3n) is 3.70. The van der Waals surface area contributed by atoms with Crippen molar-refractivity contribution in [2.24, 2.45) is 0 Å². The van der Waals surface area contributed by atoms with E-state index in [1.807, 2.05) is 0 Å². The Balaban J connectivity index is 2.05. The van der Waals surface area contributed by atoms with Crippen molar-refractivity contribution in [2.75, 3.05) is 26.0 Å². The minimum absolute atomic E-state index is 0.0574. The van der Waals surface area contributed by atoms with Gasteiger partial charge < -0.3 is 5.32 Å². The highest BCUT2D eigenvalue weighted by Crippen LogP contribution is 2.22. The Morgan fingerprint density at radius 2 is 1.78 bits per heavy atom. The Labute approximate surface area is 167 Å². The standard InChI is InChI=1S/C17H18Cl2FN3O3S/c1-22(10-14-15(19)7-4-8-16(14)20)27(25,26)23(2)11-17(24)21-13-6-3-5-12(18)9-13/h3-9H,10-11H2,1-2H3,(H,21,24). The van der Waals surface area contributed by atoms with Crippen LogP contribution in [0.5, 0.6) is 0 Å². The average molecular weight is 434 g/mol. The van der Waals surface area contributed by atoms with Gasteiger partial charge in [0.05, 0.1) is 6.54 Å². The molecule has 0 aliphatic heterocycles. The summed E-state index contributed by atoms with van der Waals surface area (Å²) in [5.41, 5.74) is 0.506. The van der Waals surface area contributed by atoms with Crippen molar-refractivity contribution in [1.29, 1.82) is 0 Å². The average Bonchev–Trinajstić information content (AvgIpc) is 2.57. The van der Waals surface area contributed by atoms with Crippen LogP contribution in [0.3, 0.4) is 0 Å². The van der Waals surface area contributed by atoms with Gasteiger partial charge in [0.1, 0.15) is 5.82 Å². The molecular weight excluding hydrogens is 416 g/mol. The zero-order valence-electron chi connectivity index (χ0n) is 14.6. The second-order valence-corrected chi connectivity index (χ2v) is 8.76. The molecular formula is C17H18Cl2FN3O3S. The molecule has 0 saturated heterocycles. The van der Waals surface area contributed by atoms with Crippen LogP contribution in [0.25, 0.3) is 0 Å². The Morgan fingerprint density at radius 1 is 1.11 bits per heavy atom. The number of carbonyl (C=O) groups is 1. The van der Waals surface area contributed by atoms with E-state index in [0.717, 1.165) is 8.61 Å². The largest absolute Gasteiger partial charge is 0.325 e. The number of hydrogen-bond donors (Lipinski definition) is 1. The quantitative estimate of drug-likeness (QED) is 0.727. The number of anilines is 1. The Hall–Kier alpha value is -1.71. The van der Waals surface area contributed by atoms with Gasteiger partial charge in [0, 0.05) is 41.9 Å². The second kappa shape index (κ2) is 8.99. The van der Waals surface area contributed by atoms with Gasteiger partial charge in [-0.1, -0.05) is 35.3 Å². The van der Waals surface area contributed by atoms with Gasteiger partial charge in [-0.3, -0.25) is 4.79 Å². The maximum absolute atomic E-state index is 13.9. The maximum atomic E-state index is 13.9. The van der Waals surface area contributed by atoms with E-state index in [-0.39, 0.29) is 17.1 Å². The highest BCUT2D eigenvalue weighted by molar-refractivity contribution is 7.86. The number of carbonyl (C=O) groups excluding carboxylic acids is 1. The summed E-state index contributed by atoms with van der Waals surface area (Å²) in [6.45, 7) is -0.696. The van der Waals surface area contributed by atoms with Gasteiger partial charge in [0.2, 0.25) is 5.91 Å². The van der Waals surface area contributed by atoms with Crippen LogP contribution in [0.4, 0.5) is 10.1 Å². The third-order valence-corrected chi connectivity index (χ3v) is 6.13. The topological polar surface area (TPSA) is 69.7 Å². The van der Waals surface area contributed by atoms with E-state index in [1.165, 1.54) is 32.3 Å². The fourth-order valence-electron chi connectivity index (χ4n) is 2.28. The number of hydrogen-bond acceptors (Lipinski definition) is 3. The molecule has 27 heavy (non-hydrogen) atoms. The van der Waals surface area contributed by atoms with Crippen LogP contribution in [0.15, 0.2) is 42.5 Å². The summed E-state index contributed by atoms with van der Waals surface area (Å²) < 4.78 is 40.8. The molecule has 0 bridgehead atoms. The van der Waals surface area contributed by atoms with Crippen LogP contribution in [-0.4, -0.2) is 43.6 Å². The first-order valence-electron chi connectivity index (χ1n) is 7.77. The third kappa shape index (κ3) is 5.63. The minimum atomic E-state index is -4.01. The predicted molar refractivity (Wildman–Crippen MR) is 105 cm³/mol. The number of halogens is 3. The molecule has 0 heterocycles. The van der Waals surface area contributed by atoms with Crippen LogP contribution >= 0.6 is 23.2 Å². The van der Waals surface area contributed by atoms with Crippen LogP contribution in [0, 0.1) is 5.82 Å². The van der Waals surface area contributed by atoms with Crippen molar-refractivity contribution in [1.82, 2.24) is 8.61 Å². The first kappa shape index (κ1) is 21.6. The molecule has 10 heteroatoms. The van der Waals surface area contributed by atoms with Crippen molar-refractivity contribution >= 4 is 45.0 Å². The van der Waals surface area contributed by atoms with E-state index in [9.17, 15) is 17.6 Å². The smallest absolute Gasteiger partial charge is 0.282 e. The lowest BCUT2D eigenvalue weighted by atomic mass is 10.2. The molecule has 0 aliphatic carbocycles.